The third-order valence-corrected chi connectivity index (χ3v) is 15.2. The molecule has 2 fully saturated rings. The van der Waals surface area contributed by atoms with Crippen molar-refractivity contribution in [2.75, 3.05) is 7.11 Å². The summed E-state index contributed by atoms with van der Waals surface area (Å²) < 4.78 is 38.7. The highest BCUT2D eigenvalue weighted by Gasteiger charge is 2.58. The van der Waals surface area contributed by atoms with E-state index in [9.17, 15) is 9.90 Å². The van der Waals surface area contributed by atoms with Gasteiger partial charge in [0.15, 0.2) is 8.32 Å². The van der Waals surface area contributed by atoms with Crippen molar-refractivity contribution in [3.63, 3.8) is 0 Å². The first-order chi connectivity index (χ1) is 23.3. The van der Waals surface area contributed by atoms with Gasteiger partial charge in [-0.3, -0.25) is 0 Å². The second-order valence-electron chi connectivity index (χ2n) is 13.2. The molecule has 0 radical (unpaired) electrons. The molecule has 1 spiro atoms. The molecular weight excluding hydrogens is 625 g/mol. The van der Waals surface area contributed by atoms with Crippen LogP contribution in [0.5, 0.6) is 11.5 Å². The number of hydrogen-bond donors (Lipinski definition) is 1. The Balaban J connectivity index is 1.35. The van der Waals surface area contributed by atoms with Crippen LogP contribution in [-0.4, -0.2) is 50.7 Å². The third-order valence-electron chi connectivity index (χ3n) is 10.6. The molecule has 1 aromatic heterocycles. The molecule has 0 unspecified atom stereocenters. The van der Waals surface area contributed by atoms with Gasteiger partial charge in [-0.2, -0.15) is 0 Å². The molecule has 0 bridgehead atoms. The predicted octanol–water partition coefficient (Wildman–Crippen LogP) is 8.08. The van der Waals surface area contributed by atoms with Gasteiger partial charge in [0.2, 0.25) is 6.29 Å². The van der Waals surface area contributed by atoms with Crippen LogP contribution in [0, 0.1) is 6.92 Å². The maximum atomic E-state index is 13.0. The Labute approximate surface area is 284 Å². The fourth-order valence-electron chi connectivity index (χ4n) is 7.62. The number of aryl methyl sites for hydroxylation is 1. The van der Waals surface area contributed by atoms with Gasteiger partial charge in [-0.15, -0.1) is 0 Å². The van der Waals surface area contributed by atoms with E-state index in [4.69, 9.17) is 27.8 Å². The standard InChI is InChI=1S/C39H48O8Si/c1-6-48(7-2,8-3)47-36-33(41)38(46-39(37(36)42-5)23-15-16-24-39)44-30-22-21-29-31(25-32(40)45-34(29)26(30)4)43-35(27-17-11-9-12-18-27)28-19-13-10-14-20-28/h9-14,17-22,25,33,35-38,41H,6-8,15-16,23-24H2,1-5H3/t33-,36+,37-,38-/m1/s1. The lowest BCUT2D eigenvalue weighted by Crippen LogP contribution is -2.67. The van der Waals surface area contributed by atoms with Crippen LogP contribution in [0.4, 0.5) is 0 Å². The second-order valence-corrected chi connectivity index (χ2v) is 17.9. The van der Waals surface area contributed by atoms with Gasteiger partial charge in [0.25, 0.3) is 0 Å². The molecule has 0 amide bonds. The van der Waals surface area contributed by atoms with E-state index in [1.165, 1.54) is 6.07 Å². The lowest BCUT2D eigenvalue weighted by atomic mass is 9.85. The lowest BCUT2D eigenvalue weighted by Gasteiger charge is -2.51. The van der Waals surface area contributed by atoms with Gasteiger partial charge in [0, 0.05) is 12.7 Å². The number of hydrogen-bond acceptors (Lipinski definition) is 8. The van der Waals surface area contributed by atoms with Gasteiger partial charge in [0.05, 0.1) is 11.5 Å². The quantitative estimate of drug-likeness (QED) is 0.119. The van der Waals surface area contributed by atoms with E-state index in [0.717, 1.165) is 54.9 Å². The van der Waals surface area contributed by atoms with Crippen LogP contribution in [0.3, 0.4) is 0 Å². The molecule has 1 N–H and O–H groups in total. The van der Waals surface area contributed by atoms with Gasteiger partial charge in [-0.25, -0.2) is 4.79 Å². The van der Waals surface area contributed by atoms with Crippen LogP contribution in [0.15, 0.2) is 88.1 Å². The summed E-state index contributed by atoms with van der Waals surface area (Å²) in [6.07, 6.45) is 0.0606. The number of benzene rings is 3. The van der Waals surface area contributed by atoms with Crippen LogP contribution in [0.1, 0.15) is 69.2 Å². The number of ether oxygens (including phenoxy) is 4. The highest BCUT2D eigenvalue weighted by atomic mass is 28.4. The maximum Gasteiger partial charge on any atom is 0.339 e. The summed E-state index contributed by atoms with van der Waals surface area (Å²) in [4.78, 5) is 13.0. The Morgan fingerprint density at radius 1 is 0.896 bits per heavy atom. The average molecular weight is 673 g/mol. The van der Waals surface area contributed by atoms with Gasteiger partial charge in [0.1, 0.15) is 47.1 Å². The monoisotopic (exact) mass is 672 g/mol. The minimum Gasteiger partial charge on any atom is -0.480 e. The van der Waals surface area contributed by atoms with Crippen molar-refractivity contribution in [2.45, 2.75) is 108 Å². The highest BCUT2D eigenvalue weighted by molar-refractivity contribution is 6.73. The van der Waals surface area contributed by atoms with E-state index in [1.54, 1.807) is 7.11 Å². The SMILES string of the molecule is CC[Si](CC)(CC)O[C@H]1[C@@H](O)[C@H](Oc2ccc3c(OC(c4ccccc4)c4ccccc4)cc(=O)oc3c2C)OC2(CCCC2)[C@@H]1OC. The van der Waals surface area contributed by atoms with Gasteiger partial charge < -0.3 is 32.9 Å². The number of aliphatic hydroxyl groups is 1. The summed E-state index contributed by atoms with van der Waals surface area (Å²) in [5, 5.41) is 12.5. The van der Waals surface area contributed by atoms with Crippen LogP contribution in [-0.2, 0) is 13.9 Å². The minimum atomic E-state index is -2.13. The molecule has 1 saturated carbocycles. The molecular formula is C39H48O8Si. The van der Waals surface area contributed by atoms with Crippen molar-refractivity contribution in [3.05, 3.63) is 106 Å². The van der Waals surface area contributed by atoms with E-state index in [0.29, 0.717) is 28.0 Å². The molecule has 4 atom stereocenters. The molecule has 2 aliphatic rings. The normalized spacial score (nSPS) is 22.4. The van der Waals surface area contributed by atoms with Gasteiger partial charge >= 0.3 is 5.63 Å². The number of fused-ring (bicyclic) bond motifs is 1. The van der Waals surface area contributed by atoms with Crippen molar-refractivity contribution in [1.82, 2.24) is 0 Å². The second kappa shape index (κ2) is 14.6. The number of rotatable bonds is 12. The Morgan fingerprint density at radius 3 is 2.06 bits per heavy atom. The zero-order chi connectivity index (χ0) is 33.9. The summed E-state index contributed by atoms with van der Waals surface area (Å²) in [5.41, 5.74) is 1.71. The molecule has 9 heteroatoms. The van der Waals surface area contributed by atoms with Crippen molar-refractivity contribution in [3.8, 4) is 11.5 Å². The van der Waals surface area contributed by atoms with E-state index in [-0.39, 0.29) is 0 Å². The predicted molar refractivity (Wildman–Crippen MR) is 188 cm³/mol. The molecule has 8 nitrogen and oxygen atoms in total. The first-order valence-corrected chi connectivity index (χ1v) is 19.9. The minimum absolute atomic E-state index is 0.354. The Hall–Kier alpha value is -3.47. The lowest BCUT2D eigenvalue weighted by molar-refractivity contribution is -0.311. The Kier molecular flexibility index (Phi) is 10.4. The maximum absolute atomic E-state index is 13.0. The van der Waals surface area contributed by atoms with Crippen LogP contribution in [0.25, 0.3) is 11.0 Å². The fourth-order valence-corrected chi connectivity index (χ4v) is 10.5. The molecule has 1 aliphatic carbocycles. The zero-order valence-corrected chi connectivity index (χ0v) is 29.6. The number of methoxy groups -OCH3 is 1. The van der Waals surface area contributed by atoms with E-state index in [1.807, 2.05) is 79.7 Å². The van der Waals surface area contributed by atoms with Gasteiger partial charge in [-0.05, 0) is 61.2 Å². The topological polar surface area (TPSA) is 96.6 Å². The average Bonchev–Trinajstić information content (AvgIpc) is 3.58. The molecule has 1 aliphatic heterocycles. The molecule has 48 heavy (non-hydrogen) atoms. The van der Waals surface area contributed by atoms with Crippen LogP contribution in [0.2, 0.25) is 18.1 Å². The summed E-state index contributed by atoms with van der Waals surface area (Å²) in [7, 11) is -0.450. The zero-order valence-electron chi connectivity index (χ0n) is 28.6. The van der Waals surface area contributed by atoms with Crippen molar-refractivity contribution >= 4 is 19.3 Å². The largest absolute Gasteiger partial charge is 0.480 e. The van der Waals surface area contributed by atoms with Gasteiger partial charge in [-0.1, -0.05) is 94.3 Å². The first kappa shape index (κ1) is 34.4. The summed E-state index contributed by atoms with van der Waals surface area (Å²) >= 11 is 0. The smallest absolute Gasteiger partial charge is 0.339 e. The van der Waals surface area contributed by atoms with Crippen LogP contribution >= 0.6 is 0 Å². The summed E-state index contributed by atoms with van der Waals surface area (Å²) in [6.45, 7) is 8.38. The molecule has 2 heterocycles. The van der Waals surface area contributed by atoms with E-state index < -0.39 is 50.2 Å². The number of aliphatic hydroxyl groups excluding tert-OH is 1. The van der Waals surface area contributed by atoms with E-state index in [2.05, 4.69) is 20.8 Å². The first-order valence-electron chi connectivity index (χ1n) is 17.3. The summed E-state index contributed by atoms with van der Waals surface area (Å²) in [5.74, 6) is 0.853. The molecule has 256 valence electrons. The van der Waals surface area contributed by atoms with Crippen LogP contribution < -0.4 is 15.1 Å². The van der Waals surface area contributed by atoms with Crippen molar-refractivity contribution in [1.29, 1.82) is 0 Å². The van der Waals surface area contributed by atoms with Crippen molar-refractivity contribution < 1.29 is 32.9 Å². The summed E-state index contributed by atoms with van der Waals surface area (Å²) in [6, 6.07) is 27.7. The fraction of sp³-hybridized carbons (Fsp3) is 0.462. The molecule has 4 aromatic rings. The van der Waals surface area contributed by atoms with Crippen molar-refractivity contribution in [2.24, 2.45) is 0 Å². The highest BCUT2D eigenvalue weighted by Crippen LogP contribution is 2.46. The molecule has 6 rings (SSSR count). The third kappa shape index (κ3) is 6.59. The Bertz CT molecular complexity index is 1670. The molecule has 1 saturated heterocycles. The van der Waals surface area contributed by atoms with E-state index >= 15 is 0 Å². The Morgan fingerprint density at radius 2 is 1.50 bits per heavy atom. The molecule has 3 aromatic carbocycles.